The van der Waals surface area contributed by atoms with Crippen molar-refractivity contribution in [2.75, 3.05) is 11.4 Å². The van der Waals surface area contributed by atoms with Gasteiger partial charge < -0.3 is 5.11 Å². The van der Waals surface area contributed by atoms with Gasteiger partial charge in [-0.1, -0.05) is 44.2 Å². The quantitative estimate of drug-likeness (QED) is 0.245. The average Bonchev–Trinajstić information content (AvgIpc) is 3.37. The molecule has 1 N–H and O–H groups in total. The smallest absolute Gasteiger partial charge is 0.216 e. The number of anilines is 1. The number of hydrogen-bond acceptors (Lipinski definition) is 6. The van der Waals surface area contributed by atoms with E-state index in [0.29, 0.717) is 45.8 Å². The predicted molar refractivity (Wildman–Crippen MR) is 154 cm³/mol. The summed E-state index contributed by atoms with van der Waals surface area (Å²) >= 11 is 1.54. The van der Waals surface area contributed by atoms with Crippen molar-refractivity contribution >= 4 is 22.9 Å². The second-order valence-corrected chi connectivity index (χ2v) is 10.6. The minimum Gasteiger partial charge on any atom is -0.494 e. The first-order valence-electron chi connectivity index (χ1n) is 13.0. The molecule has 0 amide bonds. The van der Waals surface area contributed by atoms with Crippen LogP contribution in [0.15, 0.2) is 70.5 Å². The Morgan fingerprint density at radius 2 is 1.74 bits per heavy atom. The lowest BCUT2D eigenvalue weighted by Gasteiger charge is -2.32. The molecule has 0 aliphatic carbocycles. The fourth-order valence-electron chi connectivity index (χ4n) is 5.02. The zero-order valence-corrected chi connectivity index (χ0v) is 23.2. The van der Waals surface area contributed by atoms with Crippen molar-refractivity contribution in [3.63, 3.8) is 0 Å². The van der Waals surface area contributed by atoms with E-state index in [-0.39, 0.29) is 12.4 Å². The Morgan fingerprint density at radius 1 is 1.00 bits per heavy atom. The number of aryl methyl sites for hydroxylation is 3. The van der Waals surface area contributed by atoms with E-state index >= 15 is 4.39 Å². The molecule has 0 unspecified atom stereocenters. The third-order valence-corrected chi connectivity index (χ3v) is 7.85. The van der Waals surface area contributed by atoms with Gasteiger partial charge in [0.25, 0.3) is 0 Å². The molecule has 4 aromatic rings. The van der Waals surface area contributed by atoms with Gasteiger partial charge >= 0.3 is 0 Å². The number of pyridine rings is 1. The number of aliphatic hydroxyl groups excluding tert-OH is 1. The van der Waals surface area contributed by atoms with Crippen LogP contribution in [-0.4, -0.2) is 27.5 Å². The minimum absolute atomic E-state index is 0.0952. The zero-order valence-electron chi connectivity index (χ0n) is 22.4. The van der Waals surface area contributed by atoms with Crippen LogP contribution in [0.3, 0.4) is 0 Å². The highest BCUT2D eigenvalue weighted by Crippen LogP contribution is 2.35. The fourth-order valence-corrected chi connectivity index (χ4v) is 5.61. The third kappa shape index (κ3) is 5.08. The van der Waals surface area contributed by atoms with Gasteiger partial charge in [0, 0.05) is 34.7 Å². The second-order valence-electron chi connectivity index (χ2n) is 9.55. The maximum atomic E-state index is 15.3. The number of rotatable bonds is 7. The van der Waals surface area contributed by atoms with Crippen molar-refractivity contribution in [1.29, 1.82) is 0 Å². The number of aliphatic hydroxyl groups is 1. The fraction of sp³-hybridized carbons (Fsp3) is 0.258. The summed E-state index contributed by atoms with van der Waals surface area (Å²) < 4.78 is 29.2. The Labute approximate surface area is 231 Å². The second kappa shape index (κ2) is 11.1. The van der Waals surface area contributed by atoms with Crippen molar-refractivity contribution in [2.45, 2.75) is 47.0 Å². The van der Waals surface area contributed by atoms with Crippen molar-refractivity contribution in [3.05, 3.63) is 110 Å². The number of para-hydroxylation sites is 1. The van der Waals surface area contributed by atoms with Crippen LogP contribution in [0.2, 0.25) is 0 Å². The highest BCUT2D eigenvalue weighted by atomic mass is 32.1. The maximum absolute atomic E-state index is 15.3. The molecule has 3 heterocycles. The van der Waals surface area contributed by atoms with Crippen LogP contribution in [0, 0.1) is 25.6 Å². The lowest BCUT2D eigenvalue weighted by molar-refractivity contribution is 0.392. The number of halogens is 2. The molecule has 200 valence electrons. The first-order chi connectivity index (χ1) is 18.8. The van der Waals surface area contributed by atoms with Crippen LogP contribution < -0.4 is 4.90 Å². The van der Waals surface area contributed by atoms with Gasteiger partial charge in [-0.15, -0.1) is 11.3 Å². The summed E-state index contributed by atoms with van der Waals surface area (Å²) in [5, 5.41) is 14.6. The number of nitrogens with zero attached hydrogens (tertiary/aromatic N) is 4. The number of thiazole rings is 1. The summed E-state index contributed by atoms with van der Waals surface area (Å²) in [6.45, 7) is 7.98. The molecule has 5 rings (SSSR count). The van der Waals surface area contributed by atoms with Crippen LogP contribution in [0.4, 0.5) is 14.5 Å². The summed E-state index contributed by atoms with van der Waals surface area (Å²) in [6, 6.07) is 12.7. The number of aromatic nitrogens is 2. The van der Waals surface area contributed by atoms with Crippen molar-refractivity contribution in [3.8, 4) is 11.1 Å². The first-order valence-corrected chi connectivity index (χ1v) is 13.9. The van der Waals surface area contributed by atoms with E-state index in [4.69, 9.17) is 4.99 Å². The van der Waals surface area contributed by atoms with E-state index in [1.807, 2.05) is 23.3 Å². The monoisotopic (exact) mass is 544 g/mol. The molecule has 0 bridgehead atoms. The molecule has 8 heteroatoms. The number of hydrogen-bond donors (Lipinski definition) is 1. The van der Waals surface area contributed by atoms with Gasteiger partial charge in [0.2, 0.25) is 5.95 Å². The highest BCUT2D eigenvalue weighted by molar-refractivity contribution is 7.09. The average molecular weight is 545 g/mol. The molecular formula is C31H30F2N4OS. The zero-order chi connectivity index (χ0) is 27.7. The molecule has 0 saturated heterocycles. The van der Waals surface area contributed by atoms with Gasteiger partial charge in [-0.05, 0) is 61.1 Å². The standard InChI is InChI=1S/C31H30F2N4OS/c1-5-21-8-7-9-22(6-2)28(21)37-30(27-17-39-19(4)36-27)35-16-23(31(37)38)14-20-10-11-25(26(32)15-20)24-12-13-34-29(33)18(24)3/h7-13,15,17,38H,5-6,14,16H2,1-4H3. The predicted octanol–water partition coefficient (Wildman–Crippen LogP) is 7.50. The summed E-state index contributed by atoms with van der Waals surface area (Å²) in [6.07, 6.45) is 3.22. The van der Waals surface area contributed by atoms with Gasteiger partial charge in [-0.3, -0.25) is 9.89 Å². The van der Waals surface area contributed by atoms with Crippen molar-refractivity contribution < 1.29 is 13.9 Å². The van der Waals surface area contributed by atoms with Crippen LogP contribution in [-0.2, 0) is 19.3 Å². The van der Waals surface area contributed by atoms with Gasteiger partial charge in [-0.2, -0.15) is 4.39 Å². The van der Waals surface area contributed by atoms with E-state index in [1.54, 1.807) is 25.1 Å². The normalized spacial score (nSPS) is 13.7. The molecule has 1 aliphatic rings. The van der Waals surface area contributed by atoms with E-state index in [2.05, 4.69) is 35.9 Å². The number of aliphatic imine (C=N–C) groups is 1. The molecule has 0 spiro atoms. The van der Waals surface area contributed by atoms with Crippen molar-refractivity contribution in [1.82, 2.24) is 9.97 Å². The molecule has 2 aromatic carbocycles. The van der Waals surface area contributed by atoms with E-state index in [9.17, 15) is 9.50 Å². The molecule has 1 aliphatic heterocycles. The molecule has 0 radical (unpaired) electrons. The van der Waals surface area contributed by atoms with Gasteiger partial charge in [0.1, 0.15) is 11.5 Å². The molecule has 5 nitrogen and oxygen atoms in total. The van der Waals surface area contributed by atoms with Crippen LogP contribution in [0.25, 0.3) is 11.1 Å². The molecule has 39 heavy (non-hydrogen) atoms. The molecule has 2 aromatic heterocycles. The number of amidine groups is 1. The van der Waals surface area contributed by atoms with Crippen LogP contribution >= 0.6 is 11.3 Å². The van der Waals surface area contributed by atoms with Gasteiger partial charge in [0.05, 0.1) is 17.2 Å². The molecule has 0 atom stereocenters. The Hall–Kier alpha value is -3.91. The van der Waals surface area contributed by atoms with Crippen molar-refractivity contribution in [2.24, 2.45) is 4.99 Å². The van der Waals surface area contributed by atoms with E-state index in [1.165, 1.54) is 23.6 Å². The van der Waals surface area contributed by atoms with Crippen LogP contribution in [0.1, 0.15) is 46.8 Å². The van der Waals surface area contributed by atoms with Gasteiger partial charge in [0.15, 0.2) is 11.7 Å². The Morgan fingerprint density at radius 3 is 2.38 bits per heavy atom. The topological polar surface area (TPSA) is 61.6 Å². The SMILES string of the molecule is CCc1cccc(CC)c1N1C(c2csc(C)n2)=NCC(Cc2ccc(-c3ccnc(F)c3C)c(F)c2)=C1O. The lowest BCUT2D eigenvalue weighted by Crippen LogP contribution is -2.37. The van der Waals surface area contributed by atoms with E-state index in [0.717, 1.165) is 34.7 Å². The highest BCUT2D eigenvalue weighted by Gasteiger charge is 2.30. The Kier molecular flexibility index (Phi) is 7.57. The largest absolute Gasteiger partial charge is 0.494 e. The summed E-state index contributed by atoms with van der Waals surface area (Å²) in [5.41, 5.74) is 6.26. The molecule has 0 saturated carbocycles. The maximum Gasteiger partial charge on any atom is 0.216 e. The minimum atomic E-state index is -0.615. The first kappa shape index (κ1) is 26.7. The van der Waals surface area contributed by atoms with Crippen LogP contribution in [0.5, 0.6) is 0 Å². The lowest BCUT2D eigenvalue weighted by atomic mass is 9.97. The Balaban J connectivity index is 1.56. The van der Waals surface area contributed by atoms with Gasteiger partial charge in [-0.25, -0.2) is 14.4 Å². The summed E-state index contributed by atoms with van der Waals surface area (Å²) in [5.74, 6) is -0.373. The molecular weight excluding hydrogens is 514 g/mol. The Bertz CT molecular complexity index is 1590. The number of benzene rings is 2. The van der Waals surface area contributed by atoms with E-state index < -0.39 is 11.8 Å². The third-order valence-electron chi connectivity index (χ3n) is 7.08. The molecule has 0 fully saturated rings. The summed E-state index contributed by atoms with van der Waals surface area (Å²) in [7, 11) is 0. The summed E-state index contributed by atoms with van der Waals surface area (Å²) in [4.78, 5) is 15.0.